The standard InChI is InChI=1S/C27H31ClN2O4/c1-27(2,3)33-26(31)34-30-13-12-23(24-11-9-20(15-28)16-29-24)25(17-30)32-18-19-8-10-21-6-4-5-7-22(21)14-19/h4-11,14,16,23,25H,12-13,15,17-18H2,1-3H3. The van der Waals surface area contributed by atoms with E-state index in [2.05, 4.69) is 35.3 Å². The first-order chi connectivity index (χ1) is 16.3. The Bertz CT molecular complexity index is 1110. The van der Waals surface area contributed by atoms with E-state index in [1.165, 1.54) is 10.8 Å². The smallest absolute Gasteiger partial charge is 0.427 e. The maximum atomic E-state index is 12.2. The summed E-state index contributed by atoms with van der Waals surface area (Å²) < 4.78 is 11.7. The molecule has 0 amide bonds. The molecule has 0 bridgehead atoms. The summed E-state index contributed by atoms with van der Waals surface area (Å²) in [6.07, 6.45) is 1.63. The average Bonchev–Trinajstić information content (AvgIpc) is 2.81. The molecule has 2 unspecified atom stereocenters. The molecule has 7 heteroatoms. The Morgan fingerprint density at radius 1 is 1.09 bits per heavy atom. The van der Waals surface area contributed by atoms with Crippen molar-refractivity contribution in [3.63, 3.8) is 0 Å². The molecule has 2 heterocycles. The van der Waals surface area contributed by atoms with Crippen molar-refractivity contribution in [3.05, 3.63) is 77.6 Å². The van der Waals surface area contributed by atoms with E-state index in [4.69, 9.17) is 25.9 Å². The molecule has 2 atom stereocenters. The van der Waals surface area contributed by atoms with Crippen LogP contribution in [-0.2, 0) is 26.8 Å². The van der Waals surface area contributed by atoms with Crippen LogP contribution in [0.1, 0.15) is 49.9 Å². The zero-order valence-corrected chi connectivity index (χ0v) is 20.6. The predicted octanol–water partition coefficient (Wildman–Crippen LogP) is 6.22. The number of fused-ring (bicyclic) bond motifs is 1. The number of ether oxygens (including phenoxy) is 2. The van der Waals surface area contributed by atoms with Gasteiger partial charge in [-0.3, -0.25) is 4.98 Å². The van der Waals surface area contributed by atoms with E-state index in [-0.39, 0.29) is 12.0 Å². The fourth-order valence-corrected chi connectivity index (χ4v) is 4.28. The minimum absolute atomic E-state index is 0.0725. The molecule has 6 nitrogen and oxygen atoms in total. The van der Waals surface area contributed by atoms with E-state index >= 15 is 0 Å². The molecule has 0 aliphatic carbocycles. The number of benzene rings is 2. The summed E-state index contributed by atoms with van der Waals surface area (Å²) in [5, 5.41) is 4.00. The Morgan fingerprint density at radius 3 is 2.56 bits per heavy atom. The lowest BCUT2D eigenvalue weighted by molar-refractivity contribution is -0.179. The Kier molecular flexibility index (Phi) is 7.71. The number of nitrogens with zero attached hydrogens (tertiary/aromatic N) is 2. The van der Waals surface area contributed by atoms with E-state index in [0.717, 1.165) is 23.2 Å². The molecule has 0 spiro atoms. The van der Waals surface area contributed by atoms with Gasteiger partial charge in [-0.05, 0) is 61.2 Å². The third-order valence-electron chi connectivity index (χ3n) is 5.77. The normalized spacial score (nSPS) is 19.2. The number of halogens is 1. The molecule has 0 N–H and O–H groups in total. The lowest BCUT2D eigenvalue weighted by Gasteiger charge is -2.37. The Hall–Kier alpha value is -2.67. The van der Waals surface area contributed by atoms with Crippen LogP contribution in [0.4, 0.5) is 4.79 Å². The van der Waals surface area contributed by atoms with Crippen LogP contribution in [-0.4, -0.2) is 41.0 Å². The molecule has 1 aromatic heterocycles. The molecule has 0 radical (unpaired) electrons. The third-order valence-corrected chi connectivity index (χ3v) is 6.08. The first-order valence-electron chi connectivity index (χ1n) is 11.6. The van der Waals surface area contributed by atoms with Crippen LogP contribution in [0.15, 0.2) is 60.8 Å². The fourth-order valence-electron chi connectivity index (χ4n) is 4.12. The summed E-state index contributed by atoms with van der Waals surface area (Å²) in [7, 11) is 0. The highest BCUT2D eigenvalue weighted by molar-refractivity contribution is 6.17. The molecule has 1 aliphatic heterocycles. The van der Waals surface area contributed by atoms with Crippen LogP contribution < -0.4 is 0 Å². The zero-order chi connectivity index (χ0) is 24.1. The van der Waals surface area contributed by atoms with Crippen LogP contribution in [0.5, 0.6) is 0 Å². The molecular weight excluding hydrogens is 452 g/mol. The zero-order valence-electron chi connectivity index (χ0n) is 19.9. The number of rotatable bonds is 6. The number of aromatic nitrogens is 1. The first-order valence-corrected chi connectivity index (χ1v) is 12.1. The Labute approximate surface area is 205 Å². The molecule has 180 valence electrons. The Balaban J connectivity index is 1.48. The summed E-state index contributed by atoms with van der Waals surface area (Å²) >= 11 is 5.93. The van der Waals surface area contributed by atoms with Crippen molar-refractivity contribution >= 4 is 28.5 Å². The summed E-state index contributed by atoms with van der Waals surface area (Å²) in [5.74, 6) is 0.500. The van der Waals surface area contributed by atoms with Crippen molar-refractivity contribution in [3.8, 4) is 0 Å². The van der Waals surface area contributed by atoms with Gasteiger partial charge in [0.1, 0.15) is 5.60 Å². The van der Waals surface area contributed by atoms with Crippen molar-refractivity contribution in [2.24, 2.45) is 0 Å². The second-order valence-electron chi connectivity index (χ2n) is 9.59. The van der Waals surface area contributed by atoms with Crippen molar-refractivity contribution in [2.75, 3.05) is 13.1 Å². The van der Waals surface area contributed by atoms with E-state index in [0.29, 0.717) is 25.6 Å². The fraction of sp³-hybridized carbons (Fsp3) is 0.407. The molecule has 3 aromatic rings. The van der Waals surface area contributed by atoms with E-state index < -0.39 is 11.8 Å². The van der Waals surface area contributed by atoms with Crippen molar-refractivity contribution in [1.82, 2.24) is 10.0 Å². The summed E-state index contributed by atoms with van der Waals surface area (Å²) in [6.45, 7) is 6.88. The van der Waals surface area contributed by atoms with Gasteiger partial charge in [-0.1, -0.05) is 42.5 Å². The Morgan fingerprint density at radius 2 is 1.85 bits per heavy atom. The summed E-state index contributed by atoms with van der Waals surface area (Å²) in [5.41, 5.74) is 2.40. The highest BCUT2D eigenvalue weighted by Crippen LogP contribution is 2.31. The van der Waals surface area contributed by atoms with Crippen molar-refractivity contribution in [1.29, 1.82) is 0 Å². The molecule has 0 saturated carbocycles. The molecular formula is C27H31ClN2O4. The van der Waals surface area contributed by atoms with Crippen LogP contribution in [0, 0.1) is 0 Å². The maximum absolute atomic E-state index is 12.2. The summed E-state index contributed by atoms with van der Waals surface area (Å²) in [6, 6.07) is 18.6. The minimum Gasteiger partial charge on any atom is -0.427 e. The molecule has 2 aromatic carbocycles. The van der Waals surface area contributed by atoms with E-state index in [9.17, 15) is 4.79 Å². The number of alkyl halides is 1. The monoisotopic (exact) mass is 482 g/mol. The number of piperidine rings is 1. The van der Waals surface area contributed by atoms with Crippen LogP contribution in [0.25, 0.3) is 10.8 Å². The third kappa shape index (κ3) is 6.47. The quantitative estimate of drug-likeness (QED) is 0.307. The van der Waals surface area contributed by atoms with Gasteiger partial charge < -0.3 is 14.3 Å². The van der Waals surface area contributed by atoms with Crippen molar-refractivity contribution < 1.29 is 19.1 Å². The van der Waals surface area contributed by atoms with Gasteiger partial charge in [0.15, 0.2) is 0 Å². The molecule has 34 heavy (non-hydrogen) atoms. The highest BCUT2D eigenvalue weighted by atomic mass is 35.5. The van der Waals surface area contributed by atoms with Gasteiger partial charge >= 0.3 is 6.16 Å². The van der Waals surface area contributed by atoms with Gasteiger partial charge in [0.25, 0.3) is 0 Å². The lowest BCUT2D eigenvalue weighted by Crippen LogP contribution is -2.45. The number of carbonyl (C=O) groups excluding carboxylic acids is 1. The van der Waals surface area contributed by atoms with Crippen LogP contribution in [0.3, 0.4) is 0 Å². The van der Waals surface area contributed by atoms with Gasteiger partial charge in [0, 0.05) is 30.2 Å². The average molecular weight is 483 g/mol. The van der Waals surface area contributed by atoms with Gasteiger partial charge in [-0.2, -0.15) is 0 Å². The number of carbonyl (C=O) groups is 1. The summed E-state index contributed by atoms with van der Waals surface area (Å²) in [4.78, 5) is 22.3. The predicted molar refractivity (Wildman–Crippen MR) is 133 cm³/mol. The number of hydroxylamine groups is 2. The second-order valence-corrected chi connectivity index (χ2v) is 9.86. The topological polar surface area (TPSA) is 60.9 Å². The van der Waals surface area contributed by atoms with E-state index in [1.54, 1.807) is 5.06 Å². The van der Waals surface area contributed by atoms with Gasteiger partial charge in [0.05, 0.1) is 19.3 Å². The van der Waals surface area contributed by atoms with E-state index in [1.807, 2.05) is 51.2 Å². The van der Waals surface area contributed by atoms with Crippen LogP contribution in [0.2, 0.25) is 0 Å². The van der Waals surface area contributed by atoms with Crippen molar-refractivity contribution in [2.45, 2.75) is 57.3 Å². The number of hydrogen-bond acceptors (Lipinski definition) is 6. The van der Waals surface area contributed by atoms with Gasteiger partial charge in [-0.25, -0.2) is 4.79 Å². The molecule has 1 aliphatic rings. The molecule has 4 rings (SSSR count). The minimum atomic E-state index is -0.705. The van der Waals surface area contributed by atoms with Crippen LogP contribution >= 0.6 is 11.6 Å². The lowest BCUT2D eigenvalue weighted by atomic mass is 9.90. The number of hydrogen-bond donors (Lipinski definition) is 0. The SMILES string of the molecule is CC(C)(C)OC(=O)ON1CCC(c2ccc(CCl)cn2)C(OCc2ccc3ccccc3c2)C1. The first kappa shape index (κ1) is 24.5. The molecule has 1 fully saturated rings. The second kappa shape index (κ2) is 10.7. The highest BCUT2D eigenvalue weighted by Gasteiger charge is 2.34. The maximum Gasteiger partial charge on any atom is 0.528 e. The van der Waals surface area contributed by atoms with Gasteiger partial charge in [0.2, 0.25) is 0 Å². The number of pyridine rings is 1. The largest absolute Gasteiger partial charge is 0.528 e. The van der Waals surface area contributed by atoms with Gasteiger partial charge in [-0.15, -0.1) is 16.7 Å². The molecule has 1 saturated heterocycles.